The SMILES string of the molecule is OC1(c2cccc(F)c2F)CCN(P)C1. The van der Waals surface area contributed by atoms with Crippen LogP contribution in [-0.4, -0.2) is 22.9 Å². The van der Waals surface area contributed by atoms with Gasteiger partial charge in [0.15, 0.2) is 11.6 Å². The fraction of sp³-hybridized carbons (Fsp3) is 0.400. The highest BCUT2D eigenvalue weighted by atomic mass is 31.0. The van der Waals surface area contributed by atoms with Crippen molar-refractivity contribution in [1.29, 1.82) is 0 Å². The van der Waals surface area contributed by atoms with E-state index in [2.05, 4.69) is 9.39 Å². The van der Waals surface area contributed by atoms with Crippen LogP contribution in [-0.2, 0) is 5.60 Å². The van der Waals surface area contributed by atoms with Gasteiger partial charge in [-0.3, -0.25) is 4.67 Å². The van der Waals surface area contributed by atoms with Crippen LogP contribution in [0, 0.1) is 11.6 Å². The molecule has 2 nitrogen and oxygen atoms in total. The molecule has 1 N–H and O–H groups in total. The second kappa shape index (κ2) is 3.78. The first-order chi connectivity index (χ1) is 7.03. The fourth-order valence-electron chi connectivity index (χ4n) is 1.91. The van der Waals surface area contributed by atoms with E-state index in [-0.39, 0.29) is 5.56 Å². The molecule has 0 spiro atoms. The van der Waals surface area contributed by atoms with E-state index in [1.165, 1.54) is 12.1 Å². The molecule has 0 radical (unpaired) electrons. The second-order valence-corrected chi connectivity index (χ2v) is 4.58. The van der Waals surface area contributed by atoms with E-state index >= 15 is 0 Å². The van der Waals surface area contributed by atoms with Gasteiger partial charge in [-0.2, -0.15) is 0 Å². The molecule has 1 saturated heterocycles. The molecule has 0 aliphatic carbocycles. The number of rotatable bonds is 1. The molecule has 1 aromatic carbocycles. The molecular weight excluding hydrogens is 219 g/mol. The predicted molar refractivity (Wildman–Crippen MR) is 56.2 cm³/mol. The van der Waals surface area contributed by atoms with Crippen molar-refractivity contribution >= 4 is 9.39 Å². The van der Waals surface area contributed by atoms with Gasteiger partial charge in [-0.15, -0.1) is 0 Å². The lowest BCUT2D eigenvalue weighted by atomic mass is 9.92. The molecule has 1 aliphatic heterocycles. The lowest BCUT2D eigenvalue weighted by molar-refractivity contribution is 0.0492. The number of hydrogen-bond donors (Lipinski definition) is 1. The molecule has 15 heavy (non-hydrogen) atoms. The molecule has 0 aromatic heterocycles. The second-order valence-electron chi connectivity index (χ2n) is 3.85. The van der Waals surface area contributed by atoms with E-state index in [9.17, 15) is 13.9 Å². The Morgan fingerprint density at radius 3 is 2.73 bits per heavy atom. The Kier molecular flexibility index (Phi) is 2.75. The minimum absolute atomic E-state index is 0.0486. The summed E-state index contributed by atoms with van der Waals surface area (Å²) in [5.41, 5.74) is -1.22. The molecule has 82 valence electrons. The first kappa shape index (κ1) is 10.9. The topological polar surface area (TPSA) is 23.5 Å². The van der Waals surface area contributed by atoms with Crippen molar-refractivity contribution < 1.29 is 13.9 Å². The average Bonchev–Trinajstić information content (AvgIpc) is 2.52. The summed E-state index contributed by atoms with van der Waals surface area (Å²) in [5.74, 6) is -1.86. The van der Waals surface area contributed by atoms with Crippen molar-refractivity contribution in [3.8, 4) is 0 Å². The first-order valence-electron chi connectivity index (χ1n) is 4.69. The minimum atomic E-state index is -1.27. The van der Waals surface area contributed by atoms with Gasteiger partial charge in [0.05, 0.1) is 0 Å². The third-order valence-electron chi connectivity index (χ3n) is 2.73. The summed E-state index contributed by atoms with van der Waals surface area (Å²) in [7, 11) is 2.45. The zero-order chi connectivity index (χ0) is 11.1. The Labute approximate surface area is 89.2 Å². The maximum absolute atomic E-state index is 13.5. The standard InChI is InChI=1S/C10H12F2NOP/c11-8-3-1-2-7(9(8)12)10(14)4-5-13(15)6-10/h1-3,14H,4-6,15H2. The maximum Gasteiger partial charge on any atom is 0.164 e. The summed E-state index contributed by atoms with van der Waals surface area (Å²) in [6.07, 6.45) is 0.414. The van der Waals surface area contributed by atoms with Gasteiger partial charge in [-0.05, 0) is 12.5 Å². The molecule has 5 heteroatoms. The van der Waals surface area contributed by atoms with Gasteiger partial charge in [-0.1, -0.05) is 21.5 Å². The summed E-state index contributed by atoms with van der Waals surface area (Å²) >= 11 is 0. The third kappa shape index (κ3) is 1.89. The lowest BCUT2D eigenvalue weighted by Crippen LogP contribution is -2.29. The van der Waals surface area contributed by atoms with Crippen molar-refractivity contribution in [2.45, 2.75) is 12.0 Å². The summed E-state index contributed by atoms with van der Waals surface area (Å²) in [6, 6.07) is 3.90. The van der Waals surface area contributed by atoms with Crippen molar-refractivity contribution in [2.75, 3.05) is 13.1 Å². The van der Waals surface area contributed by atoms with Crippen LogP contribution < -0.4 is 0 Å². The molecule has 1 heterocycles. The average molecular weight is 231 g/mol. The smallest absolute Gasteiger partial charge is 0.164 e. The zero-order valence-electron chi connectivity index (χ0n) is 8.08. The highest BCUT2D eigenvalue weighted by Crippen LogP contribution is 2.35. The highest BCUT2D eigenvalue weighted by molar-refractivity contribution is 7.13. The van der Waals surface area contributed by atoms with Crippen molar-refractivity contribution in [1.82, 2.24) is 4.67 Å². The molecule has 1 aromatic rings. The van der Waals surface area contributed by atoms with Gasteiger partial charge >= 0.3 is 0 Å². The van der Waals surface area contributed by atoms with Gasteiger partial charge in [-0.25, -0.2) is 8.78 Å². The monoisotopic (exact) mass is 231 g/mol. The van der Waals surface area contributed by atoms with Crippen LogP contribution in [0.4, 0.5) is 8.78 Å². The van der Waals surface area contributed by atoms with Crippen molar-refractivity contribution in [3.63, 3.8) is 0 Å². The Balaban J connectivity index is 2.41. The van der Waals surface area contributed by atoms with Crippen LogP contribution in [0.3, 0.4) is 0 Å². The number of β-amino-alcohol motifs (C(OH)–C–C–N with tert-alkyl or cyclic N) is 1. The van der Waals surface area contributed by atoms with E-state index < -0.39 is 17.2 Å². The van der Waals surface area contributed by atoms with Crippen molar-refractivity contribution in [2.24, 2.45) is 0 Å². The normalized spacial score (nSPS) is 27.2. The summed E-state index contributed by atoms with van der Waals surface area (Å²) < 4.78 is 28.3. The van der Waals surface area contributed by atoms with E-state index in [0.29, 0.717) is 19.5 Å². The van der Waals surface area contributed by atoms with Gasteiger partial charge in [0.2, 0.25) is 0 Å². The molecule has 2 rings (SSSR count). The lowest BCUT2D eigenvalue weighted by Gasteiger charge is -2.23. The van der Waals surface area contributed by atoms with E-state index in [4.69, 9.17) is 0 Å². The van der Waals surface area contributed by atoms with Crippen LogP contribution in [0.1, 0.15) is 12.0 Å². The van der Waals surface area contributed by atoms with Gasteiger partial charge < -0.3 is 5.11 Å². The number of halogens is 2. The van der Waals surface area contributed by atoms with Gasteiger partial charge in [0, 0.05) is 18.7 Å². The van der Waals surface area contributed by atoms with Crippen LogP contribution >= 0.6 is 9.39 Å². The molecular formula is C10H12F2NOP. The molecule has 1 aliphatic rings. The number of benzene rings is 1. The van der Waals surface area contributed by atoms with E-state index in [1.807, 2.05) is 4.67 Å². The Bertz CT molecular complexity index is 388. The van der Waals surface area contributed by atoms with Gasteiger partial charge in [0.1, 0.15) is 5.60 Å². The van der Waals surface area contributed by atoms with Crippen LogP contribution in [0.25, 0.3) is 0 Å². The third-order valence-corrected chi connectivity index (χ3v) is 3.17. The fourth-order valence-corrected chi connectivity index (χ4v) is 2.34. The minimum Gasteiger partial charge on any atom is -0.384 e. The van der Waals surface area contributed by atoms with E-state index in [1.54, 1.807) is 0 Å². The van der Waals surface area contributed by atoms with Crippen LogP contribution in [0.5, 0.6) is 0 Å². The molecule has 0 amide bonds. The highest BCUT2D eigenvalue weighted by Gasteiger charge is 2.38. The maximum atomic E-state index is 13.5. The van der Waals surface area contributed by atoms with Crippen LogP contribution in [0.15, 0.2) is 18.2 Å². The van der Waals surface area contributed by atoms with Crippen LogP contribution in [0.2, 0.25) is 0 Å². The molecule has 2 atom stereocenters. The largest absolute Gasteiger partial charge is 0.384 e. The Morgan fingerprint density at radius 1 is 1.40 bits per heavy atom. The summed E-state index contributed by atoms with van der Waals surface area (Å²) in [6.45, 7) is 0.954. The Morgan fingerprint density at radius 2 is 2.13 bits per heavy atom. The molecule has 0 saturated carbocycles. The molecule has 2 unspecified atom stereocenters. The summed E-state index contributed by atoms with van der Waals surface area (Å²) in [4.78, 5) is 0. The van der Waals surface area contributed by atoms with Gasteiger partial charge in [0.25, 0.3) is 0 Å². The Hall–Kier alpha value is -0.570. The molecule has 0 bridgehead atoms. The quantitative estimate of drug-likeness (QED) is 0.743. The molecule has 1 fully saturated rings. The number of nitrogens with zero attached hydrogens (tertiary/aromatic N) is 1. The number of hydrogen-bond acceptors (Lipinski definition) is 2. The summed E-state index contributed by atoms with van der Waals surface area (Å²) in [5, 5.41) is 10.2. The van der Waals surface area contributed by atoms with E-state index in [0.717, 1.165) is 6.07 Å². The number of aliphatic hydroxyl groups is 1. The first-order valence-corrected chi connectivity index (χ1v) is 5.21. The van der Waals surface area contributed by atoms with Crippen molar-refractivity contribution in [3.05, 3.63) is 35.4 Å². The predicted octanol–water partition coefficient (Wildman–Crippen LogP) is 1.65. The zero-order valence-corrected chi connectivity index (χ0v) is 9.24.